The van der Waals surface area contributed by atoms with E-state index in [0.717, 1.165) is 0 Å². The molecule has 0 aliphatic rings. The van der Waals surface area contributed by atoms with Crippen molar-refractivity contribution in [3.05, 3.63) is 0 Å². The minimum Gasteiger partial charge on any atom is -1.00 e. The van der Waals surface area contributed by atoms with Gasteiger partial charge < -0.3 is 62.0 Å². The summed E-state index contributed by atoms with van der Waals surface area (Å²) < 4.78 is 0. The van der Waals surface area contributed by atoms with Gasteiger partial charge in [0.2, 0.25) is 0 Å². The second kappa shape index (κ2) is 1890. The first kappa shape index (κ1) is 1930. The van der Waals surface area contributed by atoms with E-state index in [1.807, 2.05) is 0 Å². The zero-order chi connectivity index (χ0) is 0. The largest absolute Gasteiger partial charge is 1.00 e. The molecule has 0 aromatic carbocycles. The van der Waals surface area contributed by atoms with Crippen LogP contribution < -0.4 is 319 Å². The Kier molecular flexibility index (Phi) is 36400. The zero-order valence-corrected chi connectivity index (χ0v) is 137. The summed E-state index contributed by atoms with van der Waals surface area (Å²) in [5, 5.41) is 0. The van der Waals surface area contributed by atoms with Crippen molar-refractivity contribution in [1.29, 1.82) is 0 Å². The fourth-order valence-electron chi connectivity index (χ4n) is 0. The van der Waals surface area contributed by atoms with Gasteiger partial charge in [-0.05, 0) is 0 Å². The SMILES string of the molecule is Cl.Cl.Cl.Cl.Cl.Cl.Cl.Cl.Cl.Cl.Cl.Cl.Cl.Cl.Cl.Cl.Cl.Cl.Cl.Cl.Cl.Cl.Cl.Cl.Cl.Cl.Cl.Cl.Cl.Cl.Cl.Cl.Cl.Cl.Cl.Cl.Cl.Cl.Cl.Cl.Cl.Cl.Cl.Cl.Cl.Cl.Cl.Cl.Cl.Cl.Cl.Cl.Cl.Cl.Cl.Cl.Cl.Cl.Cl.Cl.Cl.Cl.Cl.Cl.Cl.Cl.Cl.Cl.Cl.Cl.Cl.Cl.Cl.Cl.Cl.Cl.Cl.Cl.Cl.Cl.Cl.Cl.Cl.Cl.Cl.Cl.Cl.Cl.Cl.Cl.[Cl-].[Cl-].[Cl-].[Cl-].[Cl-].[K+].[K+].[K+].[K+].[K+]. The molecule has 0 radical (unpaired) electrons. The molecule has 0 unspecified atom stereocenters. The fraction of sp³-hybridized carbons (Fsp3) is 0. The van der Waals surface area contributed by atoms with Crippen molar-refractivity contribution in [3.63, 3.8) is 0 Å². The summed E-state index contributed by atoms with van der Waals surface area (Å²) in [4.78, 5) is 0. The molecule has 0 bridgehead atoms. The smallest absolute Gasteiger partial charge is 1.00 e. The van der Waals surface area contributed by atoms with Crippen LogP contribution in [0.3, 0.4) is 0 Å². The molecule has 0 saturated heterocycles. The Balaban J connectivity index is 0. The van der Waals surface area contributed by atoms with Gasteiger partial charge in [0.15, 0.2) is 0 Å². The second-order valence-electron chi connectivity index (χ2n) is 0. The Morgan fingerprint density at radius 1 is 0.0300 bits per heavy atom. The van der Waals surface area contributed by atoms with Crippen LogP contribution in [0.5, 0.6) is 0 Å². The first-order valence-electron chi connectivity index (χ1n) is 0. The van der Waals surface area contributed by atoms with Crippen LogP contribution >= 0.6 is 1120 Å². The van der Waals surface area contributed by atoms with Gasteiger partial charge >= 0.3 is 257 Å². The Hall–Kier alpha value is 35.7. The van der Waals surface area contributed by atoms with Crippen molar-refractivity contribution in [2.45, 2.75) is 0 Å². The van der Waals surface area contributed by atoms with Crippen molar-refractivity contribution in [2.75, 3.05) is 0 Å². The average molecular weight is 3650 g/mol. The molecule has 0 saturated carbocycles. The number of hydrogen-bond donors (Lipinski definition) is 0. The summed E-state index contributed by atoms with van der Waals surface area (Å²) >= 11 is 0. The van der Waals surface area contributed by atoms with Crippen LogP contribution in [0.4, 0.5) is 0 Å². The molecule has 0 aliphatic carbocycles. The van der Waals surface area contributed by atoms with Crippen molar-refractivity contribution in [1.82, 2.24) is 0 Å². The molecule has 0 aromatic heterocycles. The first-order valence-corrected chi connectivity index (χ1v) is 0. The van der Waals surface area contributed by atoms with E-state index >= 15 is 0 Å². The van der Waals surface area contributed by atoms with Crippen molar-refractivity contribution in [2.24, 2.45) is 0 Å². The predicted octanol–water partition coefficient (Wildman–Crippen LogP) is 8.00. The monoisotopic (exact) mass is 3610 g/mol. The van der Waals surface area contributed by atoms with Crippen LogP contribution in [-0.2, 0) is 0 Å². The van der Waals surface area contributed by atoms with Gasteiger partial charge in [0.25, 0.3) is 0 Å². The third-order valence-electron chi connectivity index (χ3n) is 0. The molecule has 0 spiro atoms. The number of rotatable bonds is 0. The van der Waals surface area contributed by atoms with Gasteiger partial charge in [0, 0.05) is 0 Å². The Morgan fingerprint density at radius 2 is 0.0300 bits per heavy atom. The molecule has 0 atom stereocenters. The van der Waals surface area contributed by atoms with Crippen LogP contribution in [-0.4, -0.2) is 0 Å². The van der Waals surface area contributed by atoms with Gasteiger partial charge in [0.05, 0.1) is 0 Å². The van der Waals surface area contributed by atoms with Crippen LogP contribution in [0.15, 0.2) is 0 Å². The third kappa shape index (κ3) is 1850. The summed E-state index contributed by atoms with van der Waals surface area (Å²) in [6.45, 7) is 0. The van der Waals surface area contributed by atoms with E-state index < -0.39 is 0 Å². The number of hydrogen-bond acceptors (Lipinski definition) is 0. The summed E-state index contributed by atoms with van der Waals surface area (Å²) in [5.41, 5.74) is 0. The van der Waals surface area contributed by atoms with Crippen LogP contribution in [0.1, 0.15) is 0 Å². The molecule has 0 nitrogen and oxygen atoms in total. The van der Waals surface area contributed by atoms with Gasteiger partial charge in [-0.2, -0.15) is 0 Å². The van der Waals surface area contributed by atoms with Crippen LogP contribution in [0.2, 0.25) is 0 Å². The van der Waals surface area contributed by atoms with Crippen LogP contribution in [0, 0.1) is 0 Å². The van der Waals surface area contributed by atoms with Crippen molar-refractivity contribution < 1.29 is 319 Å². The number of halogens is 95. The molecular weight excluding hydrogens is 3560 g/mol. The molecule has 0 aliphatic heterocycles. The Bertz CT molecular complexity index is 28.6. The van der Waals surface area contributed by atoms with E-state index in [1.165, 1.54) is 0 Å². The maximum absolute atomic E-state index is 0. The molecule has 760 valence electrons. The minimum atomic E-state index is 0. The quantitative estimate of drug-likeness (QED) is 0.216. The third-order valence-corrected chi connectivity index (χ3v) is 0. The van der Waals surface area contributed by atoms with Gasteiger partial charge in [-0.25, -0.2) is 0 Å². The van der Waals surface area contributed by atoms with E-state index in [1.54, 1.807) is 0 Å². The minimum absolute atomic E-state index is 0. The van der Waals surface area contributed by atoms with E-state index in [-0.39, 0.29) is 1440 Å². The van der Waals surface area contributed by atoms with Crippen molar-refractivity contribution >= 4 is 1120 Å². The molecule has 0 rings (SSSR count). The van der Waals surface area contributed by atoms with E-state index in [4.69, 9.17) is 0 Å². The molecule has 100 heavy (non-hydrogen) atoms. The Labute approximate surface area is 1400 Å². The fourth-order valence-corrected chi connectivity index (χ4v) is 0. The van der Waals surface area contributed by atoms with E-state index in [2.05, 4.69) is 0 Å². The summed E-state index contributed by atoms with van der Waals surface area (Å²) in [6.07, 6.45) is 0. The molecule has 0 N–H and O–H groups in total. The molecule has 0 amide bonds. The molecule has 0 fully saturated rings. The summed E-state index contributed by atoms with van der Waals surface area (Å²) in [5.74, 6) is 0. The van der Waals surface area contributed by atoms with Gasteiger partial charge in [-0.1, -0.05) is 0 Å². The van der Waals surface area contributed by atoms with Gasteiger partial charge in [-0.3, -0.25) is 0 Å². The van der Waals surface area contributed by atoms with Crippen LogP contribution in [0.25, 0.3) is 0 Å². The maximum Gasteiger partial charge on any atom is 1.00 e. The normalized spacial score (nSPS) is 0. The van der Waals surface area contributed by atoms with Gasteiger partial charge in [-0.15, -0.1) is 1120 Å². The molecular formula is H90Cl95K5. The zero-order valence-electron chi connectivity index (χ0n) is 43.6. The Morgan fingerprint density at radius 3 is 0.0300 bits per heavy atom. The predicted molar refractivity (Wildman–Crippen MR) is 652 cm³/mol. The van der Waals surface area contributed by atoms with E-state index in [9.17, 15) is 0 Å². The van der Waals surface area contributed by atoms with Crippen molar-refractivity contribution in [3.8, 4) is 0 Å². The average Bonchev–Trinajstić information content (AvgIpc) is 0. The topological polar surface area (TPSA) is 0 Å². The second-order valence-corrected chi connectivity index (χ2v) is 0. The van der Waals surface area contributed by atoms with E-state index in [0.29, 0.717) is 0 Å². The maximum atomic E-state index is 0. The first-order chi connectivity index (χ1) is 0. The van der Waals surface area contributed by atoms with Gasteiger partial charge in [0.1, 0.15) is 0 Å². The molecule has 0 aromatic rings. The summed E-state index contributed by atoms with van der Waals surface area (Å²) in [7, 11) is 0. The summed E-state index contributed by atoms with van der Waals surface area (Å²) in [6, 6.07) is 0. The molecule has 0 heterocycles. The molecule has 100 heteroatoms. The standard InChI is InChI=1S/95ClH.5K/h95*1H;;;;;/q;;;;;;;;;;;;;;;;;;;;;;;;;;;;;;;;;;;;;;;;;;;;;;;;;;;;;;;;;;;;;;;;;;;;;;;;;;;;;;;;;;;;;;;;;;;;;;;5*+1/p-5.